The van der Waals surface area contributed by atoms with Crippen molar-refractivity contribution < 1.29 is 0 Å². The normalized spacial score (nSPS) is 29.7. The highest BCUT2D eigenvalue weighted by Gasteiger charge is 2.31. The van der Waals surface area contributed by atoms with Gasteiger partial charge in [-0.1, -0.05) is 0 Å². The van der Waals surface area contributed by atoms with Gasteiger partial charge in [0.15, 0.2) is 6.29 Å². The summed E-state index contributed by atoms with van der Waals surface area (Å²) in [4.78, 5) is 4.53. The first kappa shape index (κ1) is 7.85. The molecule has 0 aliphatic carbocycles. The first-order valence-corrected chi connectivity index (χ1v) is 4.22. The summed E-state index contributed by atoms with van der Waals surface area (Å²) in [5.41, 5.74) is 2.66. The first-order chi connectivity index (χ1) is 5.83. The van der Waals surface area contributed by atoms with Crippen LogP contribution in [0.1, 0.15) is 6.42 Å². The van der Waals surface area contributed by atoms with Crippen molar-refractivity contribution in [3.8, 4) is 0 Å². The van der Waals surface area contributed by atoms with E-state index in [0.29, 0.717) is 0 Å². The summed E-state index contributed by atoms with van der Waals surface area (Å²) >= 11 is 0. The van der Waals surface area contributed by atoms with E-state index in [4.69, 9.17) is 5.84 Å². The number of nitrogens with zero attached hydrogens (tertiary/aromatic N) is 3. The van der Waals surface area contributed by atoms with Gasteiger partial charge in [0.25, 0.3) is 0 Å². The lowest BCUT2D eigenvalue weighted by Gasteiger charge is -2.41. The number of hydrazine groups is 2. The van der Waals surface area contributed by atoms with Crippen molar-refractivity contribution in [3.05, 3.63) is 12.4 Å². The Kier molecular flexibility index (Phi) is 1.92. The fourth-order valence-electron chi connectivity index (χ4n) is 1.85. The third-order valence-corrected chi connectivity index (χ3v) is 2.43. The number of fused-ring (bicyclic) bond motifs is 1. The Labute approximate surface area is 72.3 Å². The quantitative estimate of drug-likeness (QED) is 0.392. The van der Waals surface area contributed by atoms with Crippen LogP contribution >= 0.6 is 0 Å². The van der Waals surface area contributed by atoms with E-state index in [2.05, 4.69) is 28.6 Å². The molecule has 0 amide bonds. The zero-order chi connectivity index (χ0) is 8.55. The molecule has 68 valence electrons. The zero-order valence-electron chi connectivity index (χ0n) is 7.27. The van der Waals surface area contributed by atoms with Crippen molar-refractivity contribution in [2.45, 2.75) is 12.7 Å². The summed E-state index contributed by atoms with van der Waals surface area (Å²) in [6, 6.07) is 0. The molecule has 2 rings (SSSR count). The lowest BCUT2D eigenvalue weighted by Crippen LogP contribution is -2.59. The molecule has 12 heavy (non-hydrogen) atoms. The van der Waals surface area contributed by atoms with Crippen LogP contribution in [-0.4, -0.2) is 41.2 Å². The molecule has 0 aromatic heterocycles. The summed E-state index contributed by atoms with van der Waals surface area (Å²) in [6.45, 7) is 2.24. The van der Waals surface area contributed by atoms with Crippen molar-refractivity contribution >= 4 is 0 Å². The molecule has 0 spiro atoms. The second-order valence-electron chi connectivity index (χ2n) is 3.25. The maximum atomic E-state index is 5.37. The SMILES string of the molecule is CN1CCCN2C=CN(NN)C12. The standard InChI is InChI=1S/C7H15N5/c1-10-3-2-4-11-5-6-12(9-8)7(10)11/h5-7,9H,2-4,8H2,1H3. The van der Waals surface area contributed by atoms with E-state index in [1.165, 1.54) is 6.42 Å². The van der Waals surface area contributed by atoms with Crippen LogP contribution in [0.4, 0.5) is 0 Å². The lowest BCUT2D eigenvalue weighted by atomic mass is 10.3. The van der Waals surface area contributed by atoms with Gasteiger partial charge >= 0.3 is 0 Å². The van der Waals surface area contributed by atoms with Crippen LogP contribution in [0.2, 0.25) is 0 Å². The predicted octanol–water partition coefficient (Wildman–Crippen LogP) is -0.927. The highest BCUT2D eigenvalue weighted by molar-refractivity contribution is 4.96. The number of nitrogens with one attached hydrogen (secondary N) is 1. The molecule has 5 nitrogen and oxygen atoms in total. The highest BCUT2D eigenvalue weighted by atomic mass is 15.7. The fourth-order valence-corrected chi connectivity index (χ4v) is 1.85. The molecule has 1 unspecified atom stereocenters. The van der Waals surface area contributed by atoms with Crippen molar-refractivity contribution in [1.29, 1.82) is 0 Å². The van der Waals surface area contributed by atoms with Crippen LogP contribution in [0, 0.1) is 0 Å². The van der Waals surface area contributed by atoms with Gasteiger partial charge in [0.05, 0.1) is 0 Å². The van der Waals surface area contributed by atoms with E-state index in [-0.39, 0.29) is 6.29 Å². The lowest BCUT2D eigenvalue weighted by molar-refractivity contribution is -0.0394. The van der Waals surface area contributed by atoms with Gasteiger partial charge in [0.2, 0.25) is 0 Å². The molecule has 2 aliphatic rings. The highest BCUT2D eigenvalue weighted by Crippen LogP contribution is 2.20. The van der Waals surface area contributed by atoms with Gasteiger partial charge in [-0.2, -0.15) is 5.53 Å². The van der Waals surface area contributed by atoms with Gasteiger partial charge in [-0.15, -0.1) is 0 Å². The minimum absolute atomic E-state index is 0.267. The molecule has 0 aromatic carbocycles. The average Bonchev–Trinajstić information content (AvgIpc) is 2.49. The molecule has 1 saturated heterocycles. The molecule has 0 aromatic rings. The monoisotopic (exact) mass is 169 g/mol. The van der Waals surface area contributed by atoms with Crippen LogP contribution in [-0.2, 0) is 0 Å². The van der Waals surface area contributed by atoms with E-state index in [1.54, 1.807) is 0 Å². The van der Waals surface area contributed by atoms with Crippen LogP contribution in [0.15, 0.2) is 12.4 Å². The third kappa shape index (κ3) is 1.06. The van der Waals surface area contributed by atoms with Gasteiger partial charge in [-0.05, 0) is 13.5 Å². The number of nitrogens with two attached hydrogens (primary N) is 1. The molecule has 1 atom stereocenters. The van der Waals surface area contributed by atoms with Crippen molar-refractivity contribution in [2.75, 3.05) is 20.1 Å². The number of hydrogen-bond acceptors (Lipinski definition) is 5. The molecule has 0 bridgehead atoms. The fraction of sp³-hybridized carbons (Fsp3) is 0.714. The molecule has 3 N–H and O–H groups in total. The van der Waals surface area contributed by atoms with Crippen LogP contribution in [0.25, 0.3) is 0 Å². The maximum Gasteiger partial charge on any atom is 0.174 e. The minimum Gasteiger partial charge on any atom is -0.343 e. The molecule has 2 aliphatic heterocycles. The Morgan fingerprint density at radius 2 is 2.25 bits per heavy atom. The van der Waals surface area contributed by atoms with E-state index in [0.717, 1.165) is 13.1 Å². The number of hydrogen-bond donors (Lipinski definition) is 2. The second-order valence-corrected chi connectivity index (χ2v) is 3.25. The van der Waals surface area contributed by atoms with Gasteiger partial charge in [-0.3, -0.25) is 15.8 Å². The third-order valence-electron chi connectivity index (χ3n) is 2.43. The Hall–Kier alpha value is -0.780. The van der Waals surface area contributed by atoms with Crippen LogP contribution < -0.4 is 11.4 Å². The zero-order valence-corrected chi connectivity index (χ0v) is 7.27. The van der Waals surface area contributed by atoms with E-state index >= 15 is 0 Å². The van der Waals surface area contributed by atoms with Gasteiger partial charge < -0.3 is 4.90 Å². The Morgan fingerprint density at radius 1 is 1.42 bits per heavy atom. The predicted molar refractivity (Wildman–Crippen MR) is 46.0 cm³/mol. The topological polar surface area (TPSA) is 47.8 Å². The second kappa shape index (κ2) is 2.93. The minimum atomic E-state index is 0.267. The van der Waals surface area contributed by atoms with E-state index < -0.39 is 0 Å². The van der Waals surface area contributed by atoms with Crippen molar-refractivity contribution in [3.63, 3.8) is 0 Å². The summed E-state index contributed by atoms with van der Waals surface area (Å²) in [6.07, 6.45) is 5.52. The van der Waals surface area contributed by atoms with Crippen LogP contribution in [0.3, 0.4) is 0 Å². The summed E-state index contributed by atoms with van der Waals surface area (Å²) in [7, 11) is 2.11. The summed E-state index contributed by atoms with van der Waals surface area (Å²) < 4.78 is 0. The molecule has 1 fully saturated rings. The maximum absolute atomic E-state index is 5.37. The summed E-state index contributed by atoms with van der Waals surface area (Å²) in [5.74, 6) is 5.37. The molecular formula is C7H15N5. The Bertz CT molecular complexity index is 184. The van der Waals surface area contributed by atoms with Gasteiger partial charge in [0, 0.05) is 25.5 Å². The van der Waals surface area contributed by atoms with Gasteiger partial charge in [0.1, 0.15) is 0 Å². The Balaban J connectivity index is 2.10. The summed E-state index contributed by atoms with van der Waals surface area (Å²) in [5, 5.41) is 1.90. The number of rotatable bonds is 1. The first-order valence-electron chi connectivity index (χ1n) is 4.22. The Morgan fingerprint density at radius 3 is 3.00 bits per heavy atom. The molecule has 0 radical (unpaired) electrons. The largest absolute Gasteiger partial charge is 0.343 e. The van der Waals surface area contributed by atoms with E-state index in [1.807, 2.05) is 11.2 Å². The van der Waals surface area contributed by atoms with Crippen molar-refractivity contribution in [1.82, 2.24) is 20.3 Å². The molecule has 2 heterocycles. The van der Waals surface area contributed by atoms with Crippen LogP contribution in [0.5, 0.6) is 0 Å². The van der Waals surface area contributed by atoms with Gasteiger partial charge in [-0.25, -0.2) is 0 Å². The molecular weight excluding hydrogens is 154 g/mol. The van der Waals surface area contributed by atoms with E-state index in [9.17, 15) is 0 Å². The average molecular weight is 169 g/mol. The molecule has 0 saturated carbocycles. The smallest absolute Gasteiger partial charge is 0.174 e. The van der Waals surface area contributed by atoms with Crippen molar-refractivity contribution in [2.24, 2.45) is 5.84 Å². The molecule has 5 heteroatoms.